The number of ether oxygens (including phenoxy) is 1. The summed E-state index contributed by atoms with van der Waals surface area (Å²) in [5.74, 6) is 2.22. The van der Waals surface area contributed by atoms with Crippen molar-refractivity contribution in [2.45, 2.75) is 38.8 Å². The van der Waals surface area contributed by atoms with E-state index >= 15 is 0 Å². The Hall–Kier alpha value is -3.39. The highest BCUT2D eigenvalue weighted by molar-refractivity contribution is 6.00. The van der Waals surface area contributed by atoms with Crippen molar-refractivity contribution in [3.8, 4) is 17.4 Å². The molecule has 34 heavy (non-hydrogen) atoms. The molecule has 1 aromatic carbocycles. The minimum Gasteiger partial charge on any atom is -0.481 e. The van der Waals surface area contributed by atoms with Crippen LogP contribution in [0.3, 0.4) is 0 Å². The summed E-state index contributed by atoms with van der Waals surface area (Å²) >= 11 is 0. The molecule has 1 fully saturated rings. The third-order valence-corrected chi connectivity index (χ3v) is 7.08. The van der Waals surface area contributed by atoms with Gasteiger partial charge in [-0.1, -0.05) is 0 Å². The van der Waals surface area contributed by atoms with E-state index in [0.29, 0.717) is 24.9 Å². The molecule has 1 aliphatic heterocycles. The number of rotatable bonds is 6. The van der Waals surface area contributed by atoms with Gasteiger partial charge >= 0.3 is 0 Å². The van der Waals surface area contributed by atoms with E-state index in [4.69, 9.17) is 20.4 Å². The van der Waals surface area contributed by atoms with Crippen LogP contribution in [-0.2, 0) is 20.0 Å². The summed E-state index contributed by atoms with van der Waals surface area (Å²) < 4.78 is 9.82. The maximum absolute atomic E-state index is 13.1. The fraction of sp³-hybridized carbons (Fsp3) is 0.423. The number of nitrogens with two attached hydrogens (primary N) is 1. The molecule has 8 heteroatoms. The smallest absolute Gasteiger partial charge is 0.254 e. The van der Waals surface area contributed by atoms with Gasteiger partial charge in [-0.05, 0) is 61.9 Å². The molecular weight excluding hydrogens is 428 g/mol. The van der Waals surface area contributed by atoms with Gasteiger partial charge in [-0.25, -0.2) is 4.98 Å². The summed E-state index contributed by atoms with van der Waals surface area (Å²) in [6, 6.07) is 10.2. The number of imidazole rings is 1. The van der Waals surface area contributed by atoms with Gasteiger partial charge in [0.15, 0.2) is 5.82 Å². The molecule has 0 radical (unpaired) electrons. The van der Waals surface area contributed by atoms with E-state index in [1.807, 2.05) is 24.0 Å². The first kappa shape index (κ1) is 21.2. The Bertz CT molecular complexity index is 1430. The number of hydrogen-bond acceptors (Lipinski definition) is 5. The molecule has 2 aliphatic rings. The number of carbonyl (C=O) groups is 1. The number of nitrogens with zero attached hydrogens (tertiary/aromatic N) is 5. The van der Waals surface area contributed by atoms with Gasteiger partial charge < -0.3 is 24.5 Å². The van der Waals surface area contributed by atoms with E-state index in [-0.39, 0.29) is 11.9 Å². The Morgan fingerprint density at radius 1 is 1.21 bits per heavy atom. The number of fused-ring (bicyclic) bond motifs is 3. The second kappa shape index (κ2) is 7.84. The first-order valence-electron chi connectivity index (χ1n) is 12.0. The minimum absolute atomic E-state index is 0.0451. The van der Waals surface area contributed by atoms with Gasteiger partial charge in [0.1, 0.15) is 5.65 Å². The van der Waals surface area contributed by atoms with E-state index < -0.39 is 0 Å². The molecule has 0 spiro atoms. The number of hydrogen-bond donors (Lipinski definition) is 1. The van der Waals surface area contributed by atoms with Crippen LogP contribution in [0.4, 0.5) is 0 Å². The van der Waals surface area contributed by atoms with Crippen molar-refractivity contribution >= 4 is 28.0 Å². The predicted molar refractivity (Wildman–Crippen MR) is 132 cm³/mol. The average Bonchev–Trinajstić information content (AvgIpc) is 3.50. The van der Waals surface area contributed by atoms with Crippen LogP contribution in [0, 0.1) is 5.92 Å². The van der Waals surface area contributed by atoms with E-state index in [1.165, 1.54) is 12.8 Å². The molecule has 6 rings (SSSR count). The van der Waals surface area contributed by atoms with Crippen LogP contribution < -0.4 is 10.5 Å². The zero-order valence-electron chi connectivity index (χ0n) is 19.9. The lowest BCUT2D eigenvalue weighted by Crippen LogP contribution is -2.43. The van der Waals surface area contributed by atoms with Gasteiger partial charge in [-0.3, -0.25) is 4.79 Å². The topological polar surface area (TPSA) is 91.2 Å². The largest absolute Gasteiger partial charge is 0.481 e. The van der Waals surface area contributed by atoms with Crippen LogP contribution in [0.5, 0.6) is 5.88 Å². The molecular formula is C26H30N6O2. The lowest BCUT2D eigenvalue weighted by Gasteiger charge is -2.29. The standard InChI is InChI=1S/C26H30N6O2/c1-15(27)13-31-9-8-17-10-21-20(12-19(17)26(31)33)28-25(30(21)2)22-11-18-6-7-23(34-3)29-24(18)32(22)14-16-4-5-16/h6-7,10-12,15-16H,4-5,8-9,13-14,27H2,1-3H3. The van der Waals surface area contributed by atoms with Crippen molar-refractivity contribution < 1.29 is 9.53 Å². The molecule has 0 saturated heterocycles. The van der Waals surface area contributed by atoms with Crippen LogP contribution in [0.2, 0.25) is 0 Å². The molecule has 1 aliphatic carbocycles. The molecule has 3 aromatic heterocycles. The molecule has 1 amide bonds. The van der Waals surface area contributed by atoms with Crippen molar-refractivity contribution in [1.82, 2.24) is 24.0 Å². The first-order valence-corrected chi connectivity index (χ1v) is 12.0. The molecule has 2 N–H and O–H groups in total. The predicted octanol–water partition coefficient (Wildman–Crippen LogP) is 3.35. The van der Waals surface area contributed by atoms with Crippen molar-refractivity contribution in [1.29, 1.82) is 0 Å². The highest BCUT2D eigenvalue weighted by Gasteiger charge is 2.28. The zero-order chi connectivity index (χ0) is 23.6. The van der Waals surface area contributed by atoms with Crippen LogP contribution in [0.1, 0.15) is 35.7 Å². The summed E-state index contributed by atoms with van der Waals surface area (Å²) in [6.45, 7) is 4.12. The molecule has 1 saturated carbocycles. The summed E-state index contributed by atoms with van der Waals surface area (Å²) in [5.41, 5.74) is 11.6. The minimum atomic E-state index is -0.0451. The SMILES string of the molecule is COc1ccc2cc(-c3nc4cc5c(cc4n3C)CCN(CC(C)N)C5=O)n(CC3CC3)c2n1. The number of methoxy groups -OCH3 is 1. The molecule has 176 valence electrons. The van der Waals surface area contributed by atoms with Gasteiger partial charge in [0.25, 0.3) is 5.91 Å². The third kappa shape index (κ3) is 3.44. The number of benzene rings is 1. The summed E-state index contributed by atoms with van der Waals surface area (Å²) in [6.07, 6.45) is 3.33. The number of aromatic nitrogens is 4. The molecule has 4 heterocycles. The highest BCUT2D eigenvalue weighted by atomic mass is 16.5. The zero-order valence-corrected chi connectivity index (χ0v) is 19.9. The van der Waals surface area contributed by atoms with Gasteiger partial charge in [0.2, 0.25) is 5.88 Å². The van der Waals surface area contributed by atoms with E-state index in [1.54, 1.807) is 7.11 Å². The summed E-state index contributed by atoms with van der Waals surface area (Å²) in [5, 5.41) is 1.07. The number of aryl methyl sites for hydroxylation is 1. The van der Waals surface area contributed by atoms with E-state index in [9.17, 15) is 4.79 Å². The Balaban J connectivity index is 1.48. The first-order chi connectivity index (χ1) is 16.4. The lowest BCUT2D eigenvalue weighted by molar-refractivity contribution is 0.0732. The second-order valence-electron chi connectivity index (χ2n) is 9.82. The van der Waals surface area contributed by atoms with E-state index in [0.717, 1.165) is 57.7 Å². The summed E-state index contributed by atoms with van der Waals surface area (Å²) in [4.78, 5) is 24.8. The van der Waals surface area contributed by atoms with Crippen LogP contribution >= 0.6 is 0 Å². The highest BCUT2D eigenvalue weighted by Crippen LogP contribution is 2.37. The Labute approximate surface area is 198 Å². The van der Waals surface area contributed by atoms with Gasteiger partial charge in [-0.2, -0.15) is 4.98 Å². The lowest BCUT2D eigenvalue weighted by atomic mass is 9.97. The molecule has 0 bridgehead atoms. The van der Waals surface area contributed by atoms with Gasteiger partial charge in [0, 0.05) is 49.7 Å². The summed E-state index contributed by atoms with van der Waals surface area (Å²) in [7, 11) is 3.70. The van der Waals surface area contributed by atoms with Crippen LogP contribution in [-0.4, -0.2) is 56.2 Å². The Kier molecular flexibility index (Phi) is 4.88. The van der Waals surface area contributed by atoms with Crippen LogP contribution in [0.25, 0.3) is 33.6 Å². The third-order valence-electron chi connectivity index (χ3n) is 7.08. The van der Waals surface area contributed by atoms with Crippen molar-refractivity contribution in [2.24, 2.45) is 18.7 Å². The maximum atomic E-state index is 13.1. The Morgan fingerprint density at radius 3 is 2.76 bits per heavy atom. The average molecular weight is 459 g/mol. The Morgan fingerprint density at radius 2 is 2.03 bits per heavy atom. The quantitative estimate of drug-likeness (QED) is 0.478. The number of amides is 1. The molecule has 1 unspecified atom stereocenters. The normalized spacial score (nSPS) is 16.9. The molecule has 8 nitrogen and oxygen atoms in total. The van der Waals surface area contributed by atoms with Crippen LogP contribution in [0.15, 0.2) is 30.3 Å². The fourth-order valence-electron chi connectivity index (χ4n) is 5.12. The second-order valence-corrected chi connectivity index (χ2v) is 9.82. The monoisotopic (exact) mass is 458 g/mol. The number of carbonyl (C=O) groups excluding carboxylic acids is 1. The van der Waals surface area contributed by atoms with Crippen molar-refractivity contribution in [3.63, 3.8) is 0 Å². The fourth-order valence-corrected chi connectivity index (χ4v) is 5.12. The van der Waals surface area contributed by atoms with Gasteiger partial charge in [0.05, 0.1) is 23.8 Å². The maximum Gasteiger partial charge on any atom is 0.254 e. The number of pyridine rings is 1. The van der Waals surface area contributed by atoms with E-state index in [2.05, 4.69) is 34.4 Å². The molecule has 4 aromatic rings. The molecule has 1 atom stereocenters. The van der Waals surface area contributed by atoms with Gasteiger partial charge in [-0.15, -0.1) is 0 Å². The van der Waals surface area contributed by atoms with Crippen molar-refractivity contribution in [3.05, 3.63) is 41.5 Å². The van der Waals surface area contributed by atoms with Crippen molar-refractivity contribution in [2.75, 3.05) is 20.2 Å².